The van der Waals surface area contributed by atoms with Gasteiger partial charge in [-0.1, -0.05) is 24.3 Å². The summed E-state index contributed by atoms with van der Waals surface area (Å²) < 4.78 is 10.6. The van der Waals surface area contributed by atoms with E-state index >= 15 is 0 Å². The van der Waals surface area contributed by atoms with Crippen LogP contribution in [0.3, 0.4) is 0 Å². The molecule has 24 heavy (non-hydrogen) atoms. The zero-order chi connectivity index (χ0) is 17.1. The Kier molecular flexibility index (Phi) is 4.51. The third-order valence-corrected chi connectivity index (χ3v) is 4.11. The molecular weight excluding hydrogens is 304 g/mol. The van der Waals surface area contributed by atoms with Crippen molar-refractivity contribution >= 4 is 11.6 Å². The van der Waals surface area contributed by atoms with Gasteiger partial charge in [0.1, 0.15) is 11.5 Å². The number of rotatable bonds is 4. The minimum Gasteiger partial charge on any atom is -0.497 e. The lowest BCUT2D eigenvalue weighted by molar-refractivity contribution is -0.130. The fourth-order valence-electron chi connectivity index (χ4n) is 2.89. The standard InChI is InChI=1S/C19H20N2O3/c1-13(22)21-19(15-7-5-9-17(11-15)24-3)12-18(20-21)14-6-4-8-16(10-14)23-2/h4-11,19H,12H2,1-3H3/t19-/m1/s1. The van der Waals surface area contributed by atoms with Crippen LogP contribution in [0.5, 0.6) is 11.5 Å². The normalized spacial score (nSPS) is 16.7. The summed E-state index contributed by atoms with van der Waals surface area (Å²) in [6.07, 6.45) is 0.653. The largest absolute Gasteiger partial charge is 0.497 e. The lowest BCUT2D eigenvalue weighted by Crippen LogP contribution is -2.24. The summed E-state index contributed by atoms with van der Waals surface area (Å²) in [5.74, 6) is 1.46. The summed E-state index contributed by atoms with van der Waals surface area (Å²) >= 11 is 0. The Balaban J connectivity index is 1.94. The van der Waals surface area contributed by atoms with E-state index < -0.39 is 0 Å². The number of carbonyl (C=O) groups is 1. The molecule has 2 aromatic rings. The summed E-state index contributed by atoms with van der Waals surface area (Å²) in [6.45, 7) is 1.53. The number of amides is 1. The fraction of sp³-hybridized carbons (Fsp3) is 0.263. The van der Waals surface area contributed by atoms with Gasteiger partial charge in [-0.2, -0.15) is 5.10 Å². The zero-order valence-electron chi connectivity index (χ0n) is 14.0. The van der Waals surface area contributed by atoms with Crippen LogP contribution in [0.15, 0.2) is 53.6 Å². The van der Waals surface area contributed by atoms with Crippen molar-refractivity contribution in [1.82, 2.24) is 5.01 Å². The number of nitrogens with zero attached hydrogens (tertiary/aromatic N) is 2. The molecule has 5 nitrogen and oxygen atoms in total. The maximum Gasteiger partial charge on any atom is 0.240 e. The molecule has 0 saturated heterocycles. The molecule has 0 bridgehead atoms. The first-order valence-corrected chi connectivity index (χ1v) is 7.78. The third kappa shape index (κ3) is 3.11. The van der Waals surface area contributed by atoms with Crippen molar-refractivity contribution in [2.24, 2.45) is 5.10 Å². The molecule has 1 amide bonds. The van der Waals surface area contributed by atoms with E-state index in [0.29, 0.717) is 6.42 Å². The quantitative estimate of drug-likeness (QED) is 0.866. The second-order valence-corrected chi connectivity index (χ2v) is 5.64. The van der Waals surface area contributed by atoms with E-state index in [4.69, 9.17) is 9.47 Å². The topological polar surface area (TPSA) is 51.1 Å². The van der Waals surface area contributed by atoms with E-state index in [-0.39, 0.29) is 11.9 Å². The van der Waals surface area contributed by atoms with Crippen molar-refractivity contribution in [1.29, 1.82) is 0 Å². The van der Waals surface area contributed by atoms with Crippen LogP contribution in [0.25, 0.3) is 0 Å². The van der Waals surface area contributed by atoms with Gasteiger partial charge in [0.25, 0.3) is 0 Å². The van der Waals surface area contributed by atoms with Crippen LogP contribution in [-0.2, 0) is 4.79 Å². The molecule has 3 rings (SSSR count). The Hall–Kier alpha value is -2.82. The Morgan fingerprint density at radius 2 is 1.75 bits per heavy atom. The highest BCUT2D eigenvalue weighted by atomic mass is 16.5. The second-order valence-electron chi connectivity index (χ2n) is 5.64. The number of ether oxygens (including phenoxy) is 2. The molecule has 0 fully saturated rings. The monoisotopic (exact) mass is 324 g/mol. The molecular formula is C19H20N2O3. The van der Waals surface area contributed by atoms with E-state index in [1.165, 1.54) is 6.92 Å². The van der Waals surface area contributed by atoms with Crippen molar-refractivity contribution in [2.75, 3.05) is 14.2 Å². The Bertz CT molecular complexity index is 786. The third-order valence-electron chi connectivity index (χ3n) is 4.11. The predicted octanol–water partition coefficient (Wildman–Crippen LogP) is 3.40. The van der Waals surface area contributed by atoms with Crippen molar-refractivity contribution in [2.45, 2.75) is 19.4 Å². The van der Waals surface area contributed by atoms with E-state index in [1.807, 2.05) is 48.5 Å². The van der Waals surface area contributed by atoms with Crippen molar-refractivity contribution in [3.63, 3.8) is 0 Å². The second kappa shape index (κ2) is 6.74. The van der Waals surface area contributed by atoms with Gasteiger partial charge in [0.2, 0.25) is 5.91 Å². The molecule has 0 radical (unpaired) electrons. The minimum atomic E-state index is -0.126. The summed E-state index contributed by atoms with van der Waals surface area (Å²) in [6, 6.07) is 15.4. The van der Waals surface area contributed by atoms with Gasteiger partial charge in [-0.05, 0) is 29.8 Å². The van der Waals surface area contributed by atoms with Gasteiger partial charge in [0.15, 0.2) is 0 Å². The molecule has 2 aromatic carbocycles. The molecule has 1 heterocycles. The van der Waals surface area contributed by atoms with Crippen LogP contribution in [0, 0.1) is 0 Å². The van der Waals surface area contributed by atoms with Gasteiger partial charge in [-0.25, -0.2) is 5.01 Å². The summed E-state index contributed by atoms with van der Waals surface area (Å²) in [4.78, 5) is 12.0. The molecule has 0 saturated carbocycles. The smallest absolute Gasteiger partial charge is 0.240 e. The highest BCUT2D eigenvalue weighted by Gasteiger charge is 2.31. The van der Waals surface area contributed by atoms with Gasteiger partial charge in [0.05, 0.1) is 26.0 Å². The number of hydrogen-bond donors (Lipinski definition) is 0. The van der Waals surface area contributed by atoms with Gasteiger partial charge < -0.3 is 9.47 Å². The van der Waals surface area contributed by atoms with E-state index in [9.17, 15) is 4.79 Å². The van der Waals surface area contributed by atoms with Crippen LogP contribution < -0.4 is 9.47 Å². The lowest BCUT2D eigenvalue weighted by Gasteiger charge is -2.20. The first-order chi connectivity index (χ1) is 11.6. The number of methoxy groups -OCH3 is 2. The van der Waals surface area contributed by atoms with E-state index in [1.54, 1.807) is 19.2 Å². The summed E-state index contributed by atoms with van der Waals surface area (Å²) in [5.41, 5.74) is 2.84. The van der Waals surface area contributed by atoms with Crippen molar-refractivity contribution < 1.29 is 14.3 Å². The molecule has 0 unspecified atom stereocenters. The molecule has 1 aliphatic rings. The van der Waals surface area contributed by atoms with Crippen molar-refractivity contribution in [3.05, 3.63) is 59.7 Å². The molecule has 5 heteroatoms. The molecule has 124 valence electrons. The van der Waals surface area contributed by atoms with E-state index in [2.05, 4.69) is 5.10 Å². The minimum absolute atomic E-state index is 0.0827. The number of carbonyl (C=O) groups excluding carboxylic acids is 1. The number of hydrazone groups is 1. The molecule has 1 atom stereocenters. The highest BCUT2D eigenvalue weighted by Crippen LogP contribution is 2.34. The first-order valence-electron chi connectivity index (χ1n) is 7.78. The number of benzene rings is 2. The van der Waals surface area contributed by atoms with Gasteiger partial charge in [-0.3, -0.25) is 4.79 Å². The van der Waals surface area contributed by atoms with Crippen LogP contribution in [-0.4, -0.2) is 30.8 Å². The SMILES string of the molecule is COc1cccc(C2=NN(C(C)=O)[C@@H](c3cccc(OC)c3)C2)c1. The van der Waals surface area contributed by atoms with Crippen LogP contribution in [0.2, 0.25) is 0 Å². The molecule has 0 aliphatic carbocycles. The van der Waals surface area contributed by atoms with Gasteiger partial charge >= 0.3 is 0 Å². The molecule has 1 aliphatic heterocycles. The first kappa shape index (κ1) is 16.1. The zero-order valence-corrected chi connectivity index (χ0v) is 14.0. The fourth-order valence-corrected chi connectivity index (χ4v) is 2.89. The van der Waals surface area contributed by atoms with E-state index in [0.717, 1.165) is 28.3 Å². The Morgan fingerprint density at radius 1 is 1.08 bits per heavy atom. The van der Waals surface area contributed by atoms with Crippen LogP contribution in [0.1, 0.15) is 30.5 Å². The average molecular weight is 324 g/mol. The average Bonchev–Trinajstić information content (AvgIpc) is 3.07. The molecule has 0 aromatic heterocycles. The Labute approximate surface area is 141 Å². The van der Waals surface area contributed by atoms with Crippen molar-refractivity contribution in [3.8, 4) is 11.5 Å². The summed E-state index contributed by atoms with van der Waals surface area (Å²) in [7, 11) is 3.27. The lowest BCUT2D eigenvalue weighted by atomic mass is 9.98. The summed E-state index contributed by atoms with van der Waals surface area (Å²) in [5, 5.41) is 6.10. The van der Waals surface area contributed by atoms with Crippen LogP contribution >= 0.6 is 0 Å². The number of hydrogen-bond acceptors (Lipinski definition) is 4. The van der Waals surface area contributed by atoms with Gasteiger partial charge in [-0.15, -0.1) is 0 Å². The maximum atomic E-state index is 12.0. The molecule has 0 spiro atoms. The highest BCUT2D eigenvalue weighted by molar-refractivity contribution is 6.03. The van der Waals surface area contributed by atoms with Crippen LogP contribution in [0.4, 0.5) is 0 Å². The molecule has 0 N–H and O–H groups in total. The predicted molar refractivity (Wildman–Crippen MR) is 92.4 cm³/mol. The maximum absolute atomic E-state index is 12.0. The Morgan fingerprint density at radius 3 is 2.42 bits per heavy atom. The van der Waals surface area contributed by atoms with Gasteiger partial charge in [0, 0.05) is 18.9 Å².